The molecule has 2 N–H and O–H groups in total. The first-order chi connectivity index (χ1) is 12.7. The van der Waals surface area contributed by atoms with Crippen molar-refractivity contribution in [1.82, 2.24) is 10.6 Å². The van der Waals surface area contributed by atoms with Gasteiger partial charge < -0.3 is 20.1 Å². The van der Waals surface area contributed by atoms with E-state index in [0.717, 1.165) is 31.5 Å². The number of amides is 1. The van der Waals surface area contributed by atoms with Crippen LogP contribution in [0.5, 0.6) is 11.5 Å². The Morgan fingerprint density at radius 1 is 1.12 bits per heavy atom. The normalized spacial score (nSPS) is 12.5. The third kappa shape index (κ3) is 4.35. The molecule has 1 aliphatic rings. The predicted molar refractivity (Wildman–Crippen MR) is 102 cm³/mol. The van der Waals surface area contributed by atoms with Crippen LogP contribution >= 0.6 is 0 Å². The minimum absolute atomic E-state index is 0.123. The predicted octanol–water partition coefficient (Wildman–Crippen LogP) is 3.41. The number of nitrogens with one attached hydrogen (secondary N) is 2. The highest BCUT2D eigenvalue weighted by atomic mass is 16.5. The second kappa shape index (κ2) is 8.72. The summed E-state index contributed by atoms with van der Waals surface area (Å²) < 4.78 is 11.1. The van der Waals surface area contributed by atoms with E-state index in [1.54, 1.807) is 25.3 Å². The van der Waals surface area contributed by atoms with Crippen LogP contribution < -0.4 is 20.1 Å². The molecule has 0 spiro atoms. The zero-order valence-corrected chi connectivity index (χ0v) is 15.4. The molecular weight excluding hydrogens is 328 g/mol. The van der Waals surface area contributed by atoms with Crippen LogP contribution in [0.1, 0.15) is 46.8 Å². The van der Waals surface area contributed by atoms with Gasteiger partial charge in [-0.1, -0.05) is 31.5 Å². The third-order valence-electron chi connectivity index (χ3n) is 4.54. The van der Waals surface area contributed by atoms with Crippen LogP contribution in [-0.2, 0) is 19.6 Å². The summed E-state index contributed by atoms with van der Waals surface area (Å²) in [5.74, 6) is 1.13. The maximum Gasteiger partial charge on any atom is 0.251 e. The van der Waals surface area contributed by atoms with Gasteiger partial charge in [0.05, 0.1) is 13.7 Å². The number of carbonyl (C=O) groups excluding carboxylic acids is 1. The molecule has 0 aromatic heterocycles. The average molecular weight is 354 g/mol. The Kier molecular flexibility index (Phi) is 6.12. The van der Waals surface area contributed by atoms with Gasteiger partial charge in [-0.05, 0) is 41.3 Å². The van der Waals surface area contributed by atoms with Crippen molar-refractivity contribution in [3.63, 3.8) is 0 Å². The molecule has 0 saturated heterocycles. The largest absolute Gasteiger partial charge is 0.493 e. The number of hydrogen-bond donors (Lipinski definition) is 2. The Morgan fingerprint density at radius 2 is 1.96 bits per heavy atom. The van der Waals surface area contributed by atoms with Crippen molar-refractivity contribution in [1.29, 1.82) is 0 Å². The molecule has 0 aliphatic carbocycles. The fraction of sp³-hybridized carbons (Fsp3) is 0.381. The van der Waals surface area contributed by atoms with E-state index in [2.05, 4.69) is 35.8 Å². The summed E-state index contributed by atoms with van der Waals surface area (Å²) in [6.45, 7) is 5.09. The Morgan fingerprint density at radius 3 is 2.77 bits per heavy atom. The van der Waals surface area contributed by atoms with Crippen molar-refractivity contribution in [2.75, 3.05) is 13.7 Å². The maximum atomic E-state index is 12.5. The second-order valence-electron chi connectivity index (χ2n) is 6.46. The summed E-state index contributed by atoms with van der Waals surface area (Å²) in [7, 11) is 1.59. The number of hydrogen-bond acceptors (Lipinski definition) is 4. The van der Waals surface area contributed by atoms with Gasteiger partial charge in [0.15, 0.2) is 11.5 Å². The number of unbranched alkanes of at least 4 members (excludes halogenated alkanes) is 1. The van der Waals surface area contributed by atoms with E-state index >= 15 is 0 Å². The SMILES string of the molecule is CCCCOc1ccc(C(=O)NCc2ccc3c(c2)CNC3)cc1OC. The summed E-state index contributed by atoms with van der Waals surface area (Å²) in [6.07, 6.45) is 2.06. The molecule has 5 nitrogen and oxygen atoms in total. The molecule has 5 heteroatoms. The second-order valence-corrected chi connectivity index (χ2v) is 6.46. The zero-order chi connectivity index (χ0) is 18.4. The van der Waals surface area contributed by atoms with E-state index < -0.39 is 0 Å². The van der Waals surface area contributed by atoms with E-state index in [-0.39, 0.29) is 5.91 Å². The highest BCUT2D eigenvalue weighted by Crippen LogP contribution is 2.28. The summed E-state index contributed by atoms with van der Waals surface area (Å²) in [5.41, 5.74) is 4.32. The molecular formula is C21H26N2O3. The number of carbonyl (C=O) groups is 1. The van der Waals surface area contributed by atoms with Crippen LogP contribution in [0.2, 0.25) is 0 Å². The van der Waals surface area contributed by atoms with Gasteiger partial charge in [-0.25, -0.2) is 0 Å². The highest BCUT2D eigenvalue weighted by Gasteiger charge is 2.13. The lowest BCUT2D eigenvalue weighted by Crippen LogP contribution is -2.22. The quantitative estimate of drug-likeness (QED) is 0.713. The molecule has 0 bridgehead atoms. The van der Waals surface area contributed by atoms with Gasteiger partial charge >= 0.3 is 0 Å². The fourth-order valence-corrected chi connectivity index (χ4v) is 3.00. The van der Waals surface area contributed by atoms with Gasteiger partial charge in [-0.3, -0.25) is 4.79 Å². The number of ether oxygens (including phenoxy) is 2. The number of benzene rings is 2. The van der Waals surface area contributed by atoms with Crippen molar-refractivity contribution in [3.05, 3.63) is 58.7 Å². The van der Waals surface area contributed by atoms with Crippen LogP contribution in [0.3, 0.4) is 0 Å². The summed E-state index contributed by atoms with van der Waals surface area (Å²) in [4.78, 5) is 12.5. The number of rotatable bonds is 8. The van der Waals surface area contributed by atoms with Gasteiger partial charge in [-0.15, -0.1) is 0 Å². The van der Waals surface area contributed by atoms with Crippen LogP contribution in [0.4, 0.5) is 0 Å². The van der Waals surface area contributed by atoms with Crippen molar-refractivity contribution in [2.24, 2.45) is 0 Å². The molecule has 1 aliphatic heterocycles. The molecule has 0 radical (unpaired) electrons. The van der Waals surface area contributed by atoms with Crippen LogP contribution in [0.25, 0.3) is 0 Å². The Labute approximate surface area is 154 Å². The Bertz CT molecular complexity index is 774. The van der Waals surface area contributed by atoms with E-state index in [1.807, 2.05) is 0 Å². The molecule has 26 heavy (non-hydrogen) atoms. The molecule has 2 aromatic rings. The lowest BCUT2D eigenvalue weighted by atomic mass is 10.1. The first-order valence-electron chi connectivity index (χ1n) is 9.11. The van der Waals surface area contributed by atoms with Gasteiger partial charge in [0, 0.05) is 25.2 Å². The van der Waals surface area contributed by atoms with Crippen LogP contribution in [0.15, 0.2) is 36.4 Å². The van der Waals surface area contributed by atoms with Gasteiger partial charge in [0.1, 0.15) is 0 Å². The Hall–Kier alpha value is -2.53. The summed E-state index contributed by atoms with van der Waals surface area (Å²) in [6, 6.07) is 11.6. The molecule has 0 unspecified atom stereocenters. The first kappa shape index (κ1) is 18.3. The van der Waals surface area contributed by atoms with Crippen molar-refractivity contribution >= 4 is 5.91 Å². The monoisotopic (exact) mass is 354 g/mol. The van der Waals surface area contributed by atoms with E-state index in [1.165, 1.54) is 11.1 Å². The fourth-order valence-electron chi connectivity index (χ4n) is 3.00. The summed E-state index contributed by atoms with van der Waals surface area (Å²) in [5, 5.41) is 6.30. The van der Waals surface area contributed by atoms with E-state index in [4.69, 9.17) is 9.47 Å². The number of methoxy groups -OCH3 is 1. The van der Waals surface area contributed by atoms with Gasteiger partial charge in [-0.2, -0.15) is 0 Å². The lowest BCUT2D eigenvalue weighted by molar-refractivity contribution is 0.0950. The van der Waals surface area contributed by atoms with Crippen molar-refractivity contribution < 1.29 is 14.3 Å². The summed E-state index contributed by atoms with van der Waals surface area (Å²) >= 11 is 0. The topological polar surface area (TPSA) is 59.6 Å². The average Bonchev–Trinajstić information content (AvgIpc) is 3.14. The van der Waals surface area contributed by atoms with E-state index in [0.29, 0.717) is 30.2 Å². The molecule has 0 saturated carbocycles. The van der Waals surface area contributed by atoms with Crippen LogP contribution in [0, 0.1) is 0 Å². The molecule has 2 aromatic carbocycles. The van der Waals surface area contributed by atoms with Crippen LogP contribution in [-0.4, -0.2) is 19.6 Å². The molecule has 1 heterocycles. The minimum Gasteiger partial charge on any atom is -0.493 e. The molecule has 0 fully saturated rings. The highest BCUT2D eigenvalue weighted by molar-refractivity contribution is 5.94. The molecule has 1 amide bonds. The van der Waals surface area contributed by atoms with Gasteiger partial charge in [0.2, 0.25) is 0 Å². The Balaban J connectivity index is 1.62. The third-order valence-corrected chi connectivity index (χ3v) is 4.54. The molecule has 138 valence electrons. The van der Waals surface area contributed by atoms with Gasteiger partial charge in [0.25, 0.3) is 5.91 Å². The number of fused-ring (bicyclic) bond motifs is 1. The standard InChI is InChI=1S/C21H26N2O3/c1-3-4-9-26-19-8-7-16(11-20(19)25-2)21(24)23-12-15-5-6-17-13-22-14-18(17)10-15/h5-8,10-11,22H,3-4,9,12-14H2,1-2H3,(H,23,24). The molecule has 3 rings (SSSR count). The first-order valence-corrected chi connectivity index (χ1v) is 9.11. The lowest BCUT2D eigenvalue weighted by Gasteiger charge is -2.12. The smallest absolute Gasteiger partial charge is 0.251 e. The zero-order valence-electron chi connectivity index (χ0n) is 15.4. The van der Waals surface area contributed by atoms with E-state index in [9.17, 15) is 4.79 Å². The maximum absolute atomic E-state index is 12.5. The molecule has 0 atom stereocenters. The van der Waals surface area contributed by atoms with Crippen molar-refractivity contribution in [2.45, 2.75) is 39.4 Å². The van der Waals surface area contributed by atoms with Crippen molar-refractivity contribution in [3.8, 4) is 11.5 Å². The minimum atomic E-state index is -0.123.